The van der Waals surface area contributed by atoms with Crippen LogP contribution >= 0.6 is 11.8 Å². The Hall–Kier alpha value is -2.22. The van der Waals surface area contributed by atoms with Gasteiger partial charge in [-0.25, -0.2) is 10.1 Å². The monoisotopic (exact) mass is 318 g/mol. The molecule has 0 saturated heterocycles. The molecule has 1 aromatic carbocycles. The van der Waals surface area contributed by atoms with Crippen molar-refractivity contribution < 1.29 is 4.79 Å². The van der Waals surface area contributed by atoms with E-state index < -0.39 is 0 Å². The molecule has 0 spiro atoms. The van der Waals surface area contributed by atoms with Crippen LogP contribution in [0.2, 0.25) is 0 Å². The zero-order valence-corrected chi connectivity index (χ0v) is 13.5. The second-order valence-corrected chi connectivity index (χ2v) is 5.93. The van der Waals surface area contributed by atoms with Gasteiger partial charge in [-0.3, -0.25) is 4.79 Å². The second-order valence-electron chi connectivity index (χ2n) is 4.99. The fraction of sp³-hybridized carbons (Fsp3) is 0.357. The summed E-state index contributed by atoms with van der Waals surface area (Å²) in [4.78, 5) is 11.7. The molecule has 0 unspecified atom stereocenters. The van der Waals surface area contributed by atoms with Crippen molar-refractivity contribution in [3.63, 3.8) is 0 Å². The minimum atomic E-state index is -0.206. The number of hydrazone groups is 1. The zero-order chi connectivity index (χ0) is 15.9. The molecule has 0 aliphatic carbocycles. The normalized spacial score (nSPS) is 11.3. The predicted octanol–water partition coefficient (Wildman–Crippen LogP) is 1.58. The largest absolute Gasteiger partial charge is 0.272 e. The van der Waals surface area contributed by atoms with Crippen molar-refractivity contribution in [2.45, 2.75) is 24.9 Å². The lowest BCUT2D eigenvalue weighted by molar-refractivity contribution is -0.118. The molecule has 0 bridgehead atoms. The smallest absolute Gasteiger partial charge is 0.250 e. The molecular formula is C14H18N6OS. The number of hydrogen-bond acceptors (Lipinski definition) is 6. The zero-order valence-electron chi connectivity index (χ0n) is 12.7. The third kappa shape index (κ3) is 4.66. The maximum atomic E-state index is 11.7. The topological polar surface area (TPSA) is 85.1 Å². The van der Waals surface area contributed by atoms with Gasteiger partial charge in [-0.15, -0.1) is 5.10 Å². The molecule has 2 aromatic rings. The maximum absolute atomic E-state index is 11.7. The maximum Gasteiger partial charge on any atom is 0.250 e. The van der Waals surface area contributed by atoms with E-state index in [1.807, 2.05) is 12.1 Å². The number of nitrogens with zero attached hydrogens (tertiary/aromatic N) is 5. The van der Waals surface area contributed by atoms with Crippen molar-refractivity contribution in [1.29, 1.82) is 0 Å². The lowest BCUT2D eigenvalue weighted by atomic mass is 10.0. The highest BCUT2D eigenvalue weighted by molar-refractivity contribution is 7.99. The molecule has 116 valence electrons. The molecule has 0 atom stereocenters. The predicted molar refractivity (Wildman–Crippen MR) is 85.8 cm³/mol. The number of benzene rings is 1. The van der Waals surface area contributed by atoms with E-state index in [0.29, 0.717) is 11.1 Å². The molecule has 8 heteroatoms. The number of carbonyl (C=O) groups is 1. The van der Waals surface area contributed by atoms with Crippen LogP contribution in [-0.4, -0.2) is 38.1 Å². The van der Waals surface area contributed by atoms with E-state index in [1.165, 1.54) is 22.0 Å². The molecule has 0 radical (unpaired) electrons. The fourth-order valence-electron chi connectivity index (χ4n) is 1.65. The van der Waals surface area contributed by atoms with E-state index in [1.54, 1.807) is 13.3 Å². The number of aryl methyl sites for hydroxylation is 1. The first-order chi connectivity index (χ1) is 10.6. The molecule has 1 amide bonds. The van der Waals surface area contributed by atoms with Gasteiger partial charge in [-0.2, -0.15) is 5.10 Å². The van der Waals surface area contributed by atoms with Crippen molar-refractivity contribution in [2.75, 3.05) is 5.75 Å². The van der Waals surface area contributed by atoms with Crippen LogP contribution in [0.15, 0.2) is 34.5 Å². The number of rotatable bonds is 6. The van der Waals surface area contributed by atoms with Crippen molar-refractivity contribution >= 4 is 23.9 Å². The lowest BCUT2D eigenvalue weighted by Crippen LogP contribution is -2.19. The minimum absolute atomic E-state index is 0.206. The highest BCUT2D eigenvalue weighted by Gasteiger charge is 2.06. The van der Waals surface area contributed by atoms with E-state index in [0.717, 1.165) is 5.56 Å². The van der Waals surface area contributed by atoms with E-state index >= 15 is 0 Å². The van der Waals surface area contributed by atoms with Gasteiger partial charge < -0.3 is 0 Å². The first kappa shape index (κ1) is 16.2. The molecule has 0 fully saturated rings. The van der Waals surface area contributed by atoms with Crippen LogP contribution in [-0.2, 0) is 11.8 Å². The average Bonchev–Trinajstić information content (AvgIpc) is 2.91. The lowest BCUT2D eigenvalue weighted by Gasteiger charge is -2.04. The van der Waals surface area contributed by atoms with Crippen LogP contribution in [0, 0.1) is 0 Å². The van der Waals surface area contributed by atoms with Gasteiger partial charge in [0, 0.05) is 7.05 Å². The molecule has 0 aliphatic heterocycles. The number of tetrazole rings is 1. The summed E-state index contributed by atoms with van der Waals surface area (Å²) in [6.07, 6.45) is 1.62. The molecular weight excluding hydrogens is 300 g/mol. The standard InChI is InChI=1S/C14H18N6OS/c1-10(2)12-6-4-11(5-7-12)8-15-16-13(21)9-22-14-17-18-19-20(14)3/h4-8,10H,9H2,1-3H3,(H,16,21)/b15-8+. The minimum Gasteiger partial charge on any atom is -0.272 e. The van der Waals surface area contributed by atoms with Crippen LogP contribution in [0.5, 0.6) is 0 Å². The first-order valence-corrected chi connectivity index (χ1v) is 7.82. The molecule has 0 saturated carbocycles. The first-order valence-electron chi connectivity index (χ1n) is 6.83. The summed E-state index contributed by atoms with van der Waals surface area (Å²) in [7, 11) is 1.72. The van der Waals surface area contributed by atoms with Crippen LogP contribution in [0.25, 0.3) is 0 Å². The van der Waals surface area contributed by atoms with Crippen molar-refractivity contribution in [3.8, 4) is 0 Å². The number of amides is 1. The van der Waals surface area contributed by atoms with Crippen LogP contribution in [0.4, 0.5) is 0 Å². The van der Waals surface area contributed by atoms with Gasteiger partial charge in [0.15, 0.2) is 0 Å². The Morgan fingerprint density at radius 2 is 2.14 bits per heavy atom. The highest BCUT2D eigenvalue weighted by atomic mass is 32.2. The van der Waals surface area contributed by atoms with Gasteiger partial charge in [0.25, 0.3) is 5.91 Å². The van der Waals surface area contributed by atoms with Crippen molar-refractivity contribution in [3.05, 3.63) is 35.4 Å². The molecule has 1 heterocycles. The molecule has 0 aliphatic rings. The average molecular weight is 318 g/mol. The van der Waals surface area contributed by atoms with E-state index in [9.17, 15) is 4.79 Å². The van der Waals surface area contributed by atoms with Crippen LogP contribution in [0.1, 0.15) is 30.9 Å². The van der Waals surface area contributed by atoms with Crippen molar-refractivity contribution in [1.82, 2.24) is 25.6 Å². The Morgan fingerprint density at radius 1 is 1.41 bits per heavy atom. The molecule has 7 nitrogen and oxygen atoms in total. The van der Waals surface area contributed by atoms with E-state index in [2.05, 4.69) is 52.0 Å². The van der Waals surface area contributed by atoms with Crippen LogP contribution in [0.3, 0.4) is 0 Å². The third-order valence-electron chi connectivity index (χ3n) is 2.92. The van der Waals surface area contributed by atoms with Crippen molar-refractivity contribution in [2.24, 2.45) is 12.1 Å². The Morgan fingerprint density at radius 3 is 2.73 bits per heavy atom. The quantitative estimate of drug-likeness (QED) is 0.496. The summed E-state index contributed by atoms with van der Waals surface area (Å²) in [5.74, 6) is 0.499. The fourth-order valence-corrected chi connectivity index (χ4v) is 2.29. The summed E-state index contributed by atoms with van der Waals surface area (Å²) in [5.41, 5.74) is 4.69. The Labute approximate surface area is 133 Å². The molecule has 2 rings (SSSR count). The van der Waals surface area contributed by atoms with Gasteiger partial charge >= 0.3 is 0 Å². The second kappa shape index (κ2) is 7.69. The molecule has 1 aromatic heterocycles. The summed E-state index contributed by atoms with van der Waals surface area (Å²) in [6.45, 7) is 4.29. The number of thioether (sulfide) groups is 1. The van der Waals surface area contributed by atoms with E-state index in [4.69, 9.17) is 0 Å². The van der Waals surface area contributed by atoms with E-state index in [-0.39, 0.29) is 11.7 Å². The van der Waals surface area contributed by atoms with Gasteiger partial charge in [-0.05, 0) is 27.5 Å². The summed E-state index contributed by atoms with van der Waals surface area (Å²) < 4.78 is 1.51. The number of aromatic nitrogens is 4. The summed E-state index contributed by atoms with van der Waals surface area (Å²) >= 11 is 1.25. The Bertz CT molecular complexity index is 650. The van der Waals surface area contributed by atoms with Gasteiger partial charge in [0.1, 0.15) is 0 Å². The van der Waals surface area contributed by atoms with Gasteiger partial charge in [0.05, 0.1) is 12.0 Å². The van der Waals surface area contributed by atoms with Gasteiger partial charge in [-0.1, -0.05) is 49.9 Å². The molecule has 22 heavy (non-hydrogen) atoms. The third-order valence-corrected chi connectivity index (χ3v) is 3.93. The molecule has 1 N–H and O–H groups in total. The van der Waals surface area contributed by atoms with Gasteiger partial charge in [0.2, 0.25) is 5.16 Å². The Balaban J connectivity index is 1.79. The summed E-state index contributed by atoms with van der Waals surface area (Å²) in [5, 5.41) is 15.5. The number of hydrogen-bond donors (Lipinski definition) is 1. The van der Waals surface area contributed by atoms with Crippen LogP contribution < -0.4 is 5.43 Å². The number of carbonyl (C=O) groups excluding carboxylic acids is 1. The SMILES string of the molecule is CC(C)c1ccc(/C=N/NC(=O)CSc2nnnn2C)cc1. The number of nitrogens with one attached hydrogen (secondary N) is 1. The summed E-state index contributed by atoms with van der Waals surface area (Å²) in [6, 6.07) is 8.07. The Kier molecular flexibility index (Phi) is 5.65. The highest BCUT2D eigenvalue weighted by Crippen LogP contribution is 2.14.